The average molecular weight is 492 g/mol. The summed E-state index contributed by atoms with van der Waals surface area (Å²) >= 11 is 0. The number of aliphatic hydroxyl groups excluding tert-OH is 1. The molecule has 3 N–H and O–H groups in total. The summed E-state index contributed by atoms with van der Waals surface area (Å²) in [5.74, 6) is -3.15. The number of sulfonamides is 1. The van der Waals surface area contributed by atoms with E-state index in [0.717, 1.165) is 16.6 Å². The molecule has 3 unspecified atom stereocenters. The number of fused-ring (bicyclic) bond motifs is 1. The summed E-state index contributed by atoms with van der Waals surface area (Å²) in [5, 5.41) is 16.1. The van der Waals surface area contributed by atoms with E-state index in [1.165, 1.54) is 6.20 Å². The number of aliphatic hydroxyl groups is 1. The van der Waals surface area contributed by atoms with Crippen LogP contribution in [0.15, 0.2) is 12.3 Å². The molecular weight excluding hydrogens is 468 g/mol. The van der Waals surface area contributed by atoms with Crippen LogP contribution in [-0.4, -0.2) is 76.2 Å². The van der Waals surface area contributed by atoms with Crippen molar-refractivity contribution in [3.8, 4) is 0 Å². The van der Waals surface area contributed by atoms with Crippen molar-refractivity contribution in [3.63, 3.8) is 0 Å². The number of piperidine rings is 1. The quantitative estimate of drug-likeness (QED) is 0.526. The number of β-amino-alcohol motifs (C(OH)–C–C–N with tert-alkyl or cyclic N) is 1. The fraction of sp³-hybridized carbons (Fsp3) is 0.632. The average Bonchev–Trinajstić information content (AvgIpc) is 3.06. The summed E-state index contributed by atoms with van der Waals surface area (Å²) in [6, 6.07) is -0.722. The normalized spacial score (nSPS) is 26.1. The highest BCUT2D eigenvalue weighted by molar-refractivity contribution is 7.88. The van der Waals surface area contributed by atoms with Crippen LogP contribution in [0.2, 0.25) is 0 Å². The molecule has 0 radical (unpaired) electrons. The largest absolute Gasteiger partial charge is 0.390 e. The number of rotatable bonds is 6. The van der Waals surface area contributed by atoms with E-state index < -0.39 is 46.3 Å². The van der Waals surface area contributed by atoms with E-state index in [9.17, 15) is 31.1 Å². The van der Waals surface area contributed by atoms with E-state index in [1.54, 1.807) is 0 Å². The van der Waals surface area contributed by atoms with Gasteiger partial charge in [0.15, 0.2) is 5.82 Å². The number of nitrogens with zero attached hydrogens (tertiary/aromatic N) is 4. The van der Waals surface area contributed by atoms with Gasteiger partial charge in [-0.3, -0.25) is 0 Å². The second-order valence-corrected chi connectivity index (χ2v) is 10.4. The Morgan fingerprint density at radius 3 is 2.61 bits per heavy atom. The van der Waals surface area contributed by atoms with E-state index in [4.69, 9.17) is 0 Å². The molecule has 2 aromatic heterocycles. The van der Waals surface area contributed by atoms with Crippen LogP contribution in [0.25, 0.3) is 10.9 Å². The van der Waals surface area contributed by atoms with Crippen molar-refractivity contribution in [1.82, 2.24) is 19.3 Å². The minimum absolute atomic E-state index is 0.0344. The summed E-state index contributed by atoms with van der Waals surface area (Å²) < 4.78 is 79.5. The molecule has 1 aliphatic heterocycles. The Bertz CT molecular complexity index is 1140. The summed E-state index contributed by atoms with van der Waals surface area (Å²) in [6.45, 7) is 0.0803. The first-order chi connectivity index (χ1) is 15.4. The van der Waals surface area contributed by atoms with Gasteiger partial charge in [-0.2, -0.15) is 4.31 Å². The molecule has 0 spiro atoms. The van der Waals surface area contributed by atoms with E-state index in [1.807, 2.05) is 0 Å². The zero-order valence-corrected chi connectivity index (χ0v) is 18.5. The van der Waals surface area contributed by atoms with Crippen molar-refractivity contribution in [2.75, 3.05) is 30.0 Å². The van der Waals surface area contributed by atoms with Gasteiger partial charge in [-0.25, -0.2) is 40.9 Å². The minimum Gasteiger partial charge on any atom is -0.390 e. The summed E-state index contributed by atoms with van der Waals surface area (Å²) in [7, 11) is -3.45. The number of nitrogens with one attached hydrogen (secondary N) is 2. The maximum atomic E-state index is 14.1. The van der Waals surface area contributed by atoms with Crippen molar-refractivity contribution in [2.24, 2.45) is 0 Å². The fourth-order valence-corrected chi connectivity index (χ4v) is 5.01. The summed E-state index contributed by atoms with van der Waals surface area (Å²) in [5.41, 5.74) is -0.498. The summed E-state index contributed by atoms with van der Waals surface area (Å²) in [4.78, 5) is 12.2. The molecule has 4 rings (SSSR count). The monoisotopic (exact) mass is 492 g/mol. The highest BCUT2D eigenvalue weighted by Crippen LogP contribution is 2.38. The zero-order valence-electron chi connectivity index (χ0n) is 17.7. The SMILES string of the molecule is CS(=O)(=O)N1CCC(Nc2ncc3cc(C(F)F)nc(NC4CCCC4(F)F)c3n2)C(O)C1. The molecule has 2 aromatic rings. The molecule has 2 aliphatic rings. The number of alkyl halides is 4. The van der Waals surface area contributed by atoms with Crippen LogP contribution in [0.1, 0.15) is 37.8 Å². The van der Waals surface area contributed by atoms with Gasteiger partial charge in [-0.05, 0) is 25.3 Å². The highest BCUT2D eigenvalue weighted by atomic mass is 32.2. The molecule has 0 bridgehead atoms. The van der Waals surface area contributed by atoms with Crippen molar-refractivity contribution >= 4 is 32.7 Å². The lowest BCUT2D eigenvalue weighted by Crippen LogP contribution is -2.51. The Hall–Kier alpha value is -2.32. The molecule has 0 aromatic carbocycles. The predicted molar refractivity (Wildman–Crippen MR) is 113 cm³/mol. The Labute approximate surface area is 187 Å². The number of hydrogen-bond acceptors (Lipinski definition) is 8. The van der Waals surface area contributed by atoms with E-state index in [-0.39, 0.29) is 55.0 Å². The molecule has 3 atom stereocenters. The van der Waals surface area contributed by atoms with Gasteiger partial charge in [0.2, 0.25) is 16.0 Å². The number of hydrogen-bond donors (Lipinski definition) is 3. The van der Waals surface area contributed by atoms with Crippen molar-refractivity contribution < 1.29 is 31.1 Å². The second kappa shape index (κ2) is 8.80. The lowest BCUT2D eigenvalue weighted by molar-refractivity contribution is -0.000664. The van der Waals surface area contributed by atoms with Crippen LogP contribution in [0.4, 0.5) is 29.3 Å². The standard InChI is InChI=1S/C19H24F4N6O3S/c1-33(31,32)29-6-4-11(13(30)9-29)26-18-24-8-10-7-12(16(20)21)25-17(15(10)28-18)27-14-3-2-5-19(14,22)23/h7-8,11,13-14,16,30H,2-6,9H2,1H3,(H,25,27)(H,24,26,28). The van der Waals surface area contributed by atoms with Crippen molar-refractivity contribution in [1.29, 1.82) is 0 Å². The van der Waals surface area contributed by atoms with Crippen LogP contribution in [-0.2, 0) is 10.0 Å². The Balaban J connectivity index is 1.61. The first kappa shape index (κ1) is 23.8. The van der Waals surface area contributed by atoms with Crippen molar-refractivity contribution in [2.45, 2.75) is 56.2 Å². The fourth-order valence-electron chi connectivity index (χ4n) is 4.15. The van der Waals surface area contributed by atoms with Crippen LogP contribution >= 0.6 is 0 Å². The topological polar surface area (TPSA) is 120 Å². The minimum atomic E-state index is -3.45. The molecule has 33 heavy (non-hydrogen) atoms. The number of anilines is 2. The zero-order chi connectivity index (χ0) is 24.0. The van der Waals surface area contributed by atoms with Gasteiger partial charge in [-0.1, -0.05) is 0 Å². The van der Waals surface area contributed by atoms with Gasteiger partial charge in [0.05, 0.1) is 24.4 Å². The third-order valence-electron chi connectivity index (χ3n) is 5.96. The van der Waals surface area contributed by atoms with Gasteiger partial charge in [0.1, 0.15) is 11.2 Å². The van der Waals surface area contributed by atoms with Gasteiger partial charge in [0, 0.05) is 31.1 Å². The Morgan fingerprint density at radius 1 is 1.24 bits per heavy atom. The first-order valence-electron chi connectivity index (χ1n) is 10.4. The molecule has 1 saturated heterocycles. The first-order valence-corrected chi connectivity index (χ1v) is 12.3. The molecular formula is C19H24F4N6O3S. The van der Waals surface area contributed by atoms with Crippen LogP contribution in [0.3, 0.4) is 0 Å². The van der Waals surface area contributed by atoms with Gasteiger partial charge in [0.25, 0.3) is 12.3 Å². The third-order valence-corrected chi connectivity index (χ3v) is 7.23. The maximum Gasteiger partial charge on any atom is 0.280 e. The van der Waals surface area contributed by atoms with Gasteiger partial charge < -0.3 is 15.7 Å². The summed E-state index contributed by atoms with van der Waals surface area (Å²) in [6.07, 6.45) is -1.19. The van der Waals surface area contributed by atoms with Gasteiger partial charge in [-0.15, -0.1) is 0 Å². The number of halogens is 4. The van der Waals surface area contributed by atoms with Crippen LogP contribution in [0.5, 0.6) is 0 Å². The molecule has 9 nitrogen and oxygen atoms in total. The maximum absolute atomic E-state index is 14.1. The van der Waals surface area contributed by atoms with E-state index >= 15 is 0 Å². The van der Waals surface area contributed by atoms with E-state index in [0.29, 0.717) is 6.42 Å². The van der Waals surface area contributed by atoms with Crippen LogP contribution in [0, 0.1) is 0 Å². The molecule has 0 amide bonds. The molecule has 1 aliphatic carbocycles. The Morgan fingerprint density at radius 2 is 2.00 bits per heavy atom. The predicted octanol–water partition coefficient (Wildman–Crippen LogP) is 2.37. The number of aromatic nitrogens is 3. The molecule has 2 fully saturated rings. The number of pyridine rings is 1. The molecule has 1 saturated carbocycles. The highest BCUT2D eigenvalue weighted by Gasteiger charge is 2.44. The Kier molecular flexibility index (Phi) is 6.35. The van der Waals surface area contributed by atoms with Crippen LogP contribution < -0.4 is 10.6 Å². The van der Waals surface area contributed by atoms with E-state index in [2.05, 4.69) is 25.6 Å². The second-order valence-electron chi connectivity index (χ2n) is 8.41. The molecule has 14 heteroatoms. The lowest BCUT2D eigenvalue weighted by Gasteiger charge is -2.34. The van der Waals surface area contributed by atoms with Gasteiger partial charge >= 0.3 is 0 Å². The van der Waals surface area contributed by atoms with Crippen molar-refractivity contribution in [3.05, 3.63) is 18.0 Å². The third kappa shape index (κ3) is 5.11. The molecule has 182 valence electrons. The lowest BCUT2D eigenvalue weighted by atomic mass is 10.0. The molecule has 3 heterocycles. The smallest absolute Gasteiger partial charge is 0.280 e.